The zero-order valence-electron chi connectivity index (χ0n) is 16.6. The van der Waals surface area contributed by atoms with Crippen LogP contribution in [-0.4, -0.2) is 41.5 Å². The predicted molar refractivity (Wildman–Crippen MR) is 116 cm³/mol. The van der Waals surface area contributed by atoms with E-state index in [-0.39, 0.29) is 27.9 Å². The van der Waals surface area contributed by atoms with Crippen LogP contribution < -0.4 is 10.1 Å². The van der Waals surface area contributed by atoms with Crippen LogP contribution in [0.25, 0.3) is 6.08 Å². The quantitative estimate of drug-likeness (QED) is 0.490. The number of alkyl halides is 3. The molecule has 2 aromatic rings. The second kappa shape index (κ2) is 9.06. The molecule has 1 N–H and O–H groups in total. The minimum atomic E-state index is -4.74. The molecule has 2 aliphatic rings. The van der Waals surface area contributed by atoms with Gasteiger partial charge in [-0.25, -0.2) is 4.39 Å². The van der Waals surface area contributed by atoms with Gasteiger partial charge in [0, 0.05) is 18.1 Å². The number of carbonyl (C=O) groups is 2. The minimum absolute atomic E-state index is 0.0810. The molecule has 0 unspecified atom stereocenters. The summed E-state index contributed by atoms with van der Waals surface area (Å²) in [6.45, 7) is 1.02. The van der Waals surface area contributed by atoms with Gasteiger partial charge in [-0.3, -0.25) is 9.59 Å². The van der Waals surface area contributed by atoms with E-state index in [1.54, 1.807) is 4.90 Å². The summed E-state index contributed by atoms with van der Waals surface area (Å²) in [5.74, 6) is -2.65. The van der Waals surface area contributed by atoms with Crippen LogP contribution in [0, 0.1) is 5.82 Å². The van der Waals surface area contributed by atoms with Crippen molar-refractivity contribution >= 4 is 46.4 Å². The topological polar surface area (TPSA) is 71.0 Å². The second-order valence-corrected chi connectivity index (χ2v) is 8.46. The predicted octanol–water partition coefficient (Wildman–Crippen LogP) is 4.69. The average Bonchev–Trinajstić information content (AvgIpc) is 3.11. The summed E-state index contributed by atoms with van der Waals surface area (Å²) in [5.41, 5.74) is -0.847. The Kier molecular flexibility index (Phi) is 6.35. The molecule has 0 spiro atoms. The number of ether oxygens (including phenoxy) is 1. The highest BCUT2D eigenvalue weighted by atomic mass is 35.5. The van der Waals surface area contributed by atoms with Crippen molar-refractivity contribution in [3.8, 4) is 11.5 Å². The van der Waals surface area contributed by atoms with Gasteiger partial charge in [-0.1, -0.05) is 17.7 Å². The fraction of sp³-hybridized carbons (Fsp3) is 0.190. The van der Waals surface area contributed by atoms with Gasteiger partial charge in [-0.2, -0.15) is 18.2 Å². The number of halogens is 5. The number of aliphatic imine (C=N–C) groups is 1. The number of hydrogen-bond donors (Lipinski definition) is 1. The Balaban J connectivity index is 1.52. The van der Waals surface area contributed by atoms with Gasteiger partial charge in [0.2, 0.25) is 5.91 Å². The molecule has 2 amide bonds. The number of carbonyl (C=O) groups excluding carboxylic acids is 2. The molecule has 0 atom stereocenters. The van der Waals surface area contributed by atoms with Crippen LogP contribution in [0.1, 0.15) is 11.1 Å². The monoisotopic (exact) mass is 499 g/mol. The Hall–Kier alpha value is -3.05. The fourth-order valence-corrected chi connectivity index (χ4v) is 4.22. The van der Waals surface area contributed by atoms with Crippen molar-refractivity contribution in [2.75, 3.05) is 19.6 Å². The van der Waals surface area contributed by atoms with Crippen LogP contribution in [0.3, 0.4) is 0 Å². The van der Waals surface area contributed by atoms with Crippen LogP contribution in [-0.2, 0) is 15.8 Å². The zero-order valence-corrected chi connectivity index (χ0v) is 18.2. The third-order valence-electron chi connectivity index (χ3n) is 4.64. The first kappa shape index (κ1) is 23.1. The number of benzene rings is 2. The van der Waals surface area contributed by atoms with Gasteiger partial charge in [0.05, 0.1) is 17.0 Å². The van der Waals surface area contributed by atoms with Gasteiger partial charge < -0.3 is 15.0 Å². The van der Waals surface area contributed by atoms with Crippen LogP contribution in [0.4, 0.5) is 17.6 Å². The smallest absolute Gasteiger partial charge is 0.420 e. The van der Waals surface area contributed by atoms with Crippen molar-refractivity contribution in [1.29, 1.82) is 0 Å². The number of amidine groups is 1. The molecule has 0 radical (unpaired) electrons. The molecule has 1 saturated heterocycles. The number of thioether (sulfide) groups is 1. The van der Waals surface area contributed by atoms with Crippen LogP contribution in [0.15, 0.2) is 46.3 Å². The summed E-state index contributed by atoms with van der Waals surface area (Å²) in [7, 11) is 0. The SMILES string of the molecule is O=C1CN(C2=NC(=O)/C(=C/c3ccc(Oc4ccc(Cl)cc4C(F)(F)F)c(F)c3)S2)CCN1. The first-order valence-corrected chi connectivity index (χ1v) is 10.7. The van der Waals surface area contributed by atoms with E-state index in [0.717, 1.165) is 30.0 Å². The first-order valence-electron chi connectivity index (χ1n) is 9.48. The van der Waals surface area contributed by atoms with E-state index >= 15 is 0 Å². The standard InChI is InChI=1S/C21H14ClF4N3O3S/c22-12-2-4-15(13(9-12)21(24,25)26)32-16-3-1-11(7-14(16)23)8-17-19(31)28-20(33-17)29-6-5-27-18(30)10-29/h1-4,7-9H,5-6,10H2,(H,27,30)/b17-8-. The lowest BCUT2D eigenvalue weighted by atomic mass is 10.1. The lowest BCUT2D eigenvalue weighted by molar-refractivity contribution is -0.138. The van der Waals surface area contributed by atoms with Crippen LogP contribution >= 0.6 is 23.4 Å². The lowest BCUT2D eigenvalue weighted by Gasteiger charge is -2.27. The van der Waals surface area contributed by atoms with E-state index in [9.17, 15) is 27.2 Å². The zero-order chi connectivity index (χ0) is 23.8. The Morgan fingerprint density at radius 3 is 2.61 bits per heavy atom. The molecule has 12 heteroatoms. The summed E-state index contributed by atoms with van der Waals surface area (Å²) in [4.78, 5) is 29.6. The molecular weight excluding hydrogens is 486 g/mol. The molecule has 0 aromatic heterocycles. The number of nitrogens with zero attached hydrogens (tertiary/aromatic N) is 2. The maximum atomic E-state index is 14.6. The first-order chi connectivity index (χ1) is 15.6. The maximum absolute atomic E-state index is 14.6. The normalized spacial score (nSPS) is 17.9. The Labute approximate surface area is 194 Å². The van der Waals surface area contributed by atoms with Crippen molar-refractivity contribution in [2.45, 2.75) is 6.18 Å². The van der Waals surface area contributed by atoms with E-state index in [2.05, 4.69) is 10.3 Å². The number of piperazine rings is 1. The molecule has 172 valence electrons. The molecule has 0 saturated carbocycles. The summed E-state index contributed by atoms with van der Waals surface area (Å²) < 4.78 is 59.5. The van der Waals surface area contributed by atoms with E-state index in [0.29, 0.717) is 24.3 Å². The van der Waals surface area contributed by atoms with E-state index in [4.69, 9.17) is 16.3 Å². The number of rotatable bonds is 3. The van der Waals surface area contributed by atoms with Gasteiger partial charge in [0.1, 0.15) is 5.75 Å². The molecule has 0 bridgehead atoms. The Morgan fingerprint density at radius 2 is 1.91 bits per heavy atom. The van der Waals surface area contributed by atoms with E-state index < -0.39 is 35.0 Å². The minimum Gasteiger partial charge on any atom is -0.454 e. The molecule has 0 aliphatic carbocycles. The largest absolute Gasteiger partial charge is 0.454 e. The molecule has 2 aromatic carbocycles. The highest BCUT2D eigenvalue weighted by Crippen LogP contribution is 2.40. The molecule has 6 nitrogen and oxygen atoms in total. The third-order valence-corrected chi connectivity index (χ3v) is 5.92. The van der Waals surface area contributed by atoms with Crippen molar-refractivity contribution in [3.63, 3.8) is 0 Å². The molecule has 1 fully saturated rings. The lowest BCUT2D eigenvalue weighted by Crippen LogP contribution is -2.49. The van der Waals surface area contributed by atoms with Gasteiger partial charge in [0.25, 0.3) is 5.91 Å². The summed E-state index contributed by atoms with van der Waals surface area (Å²) in [6.07, 6.45) is -3.34. The molecular formula is C21H14ClF4N3O3S. The third kappa shape index (κ3) is 5.31. The summed E-state index contributed by atoms with van der Waals surface area (Å²) in [5, 5.41) is 2.92. The molecule has 4 rings (SSSR count). The molecule has 2 heterocycles. The van der Waals surface area contributed by atoms with Gasteiger partial charge >= 0.3 is 6.18 Å². The highest BCUT2D eigenvalue weighted by molar-refractivity contribution is 8.18. The van der Waals surface area contributed by atoms with Crippen molar-refractivity contribution in [2.24, 2.45) is 4.99 Å². The second-order valence-electron chi connectivity index (χ2n) is 7.01. The van der Waals surface area contributed by atoms with Crippen LogP contribution in [0.2, 0.25) is 5.02 Å². The average molecular weight is 500 g/mol. The summed E-state index contributed by atoms with van der Waals surface area (Å²) in [6, 6.07) is 6.50. The van der Waals surface area contributed by atoms with Gasteiger partial charge in [-0.05, 0) is 53.7 Å². The van der Waals surface area contributed by atoms with E-state index in [1.807, 2.05) is 0 Å². The van der Waals surface area contributed by atoms with Crippen molar-refractivity contribution in [3.05, 3.63) is 63.3 Å². The van der Waals surface area contributed by atoms with Gasteiger partial charge in [-0.15, -0.1) is 0 Å². The number of nitrogens with one attached hydrogen (secondary N) is 1. The van der Waals surface area contributed by atoms with Crippen molar-refractivity contribution < 1.29 is 31.9 Å². The number of hydrogen-bond acceptors (Lipinski definition) is 5. The van der Waals surface area contributed by atoms with Crippen molar-refractivity contribution in [1.82, 2.24) is 10.2 Å². The maximum Gasteiger partial charge on any atom is 0.420 e. The van der Waals surface area contributed by atoms with E-state index in [1.165, 1.54) is 18.2 Å². The fourth-order valence-electron chi connectivity index (χ4n) is 3.11. The molecule has 33 heavy (non-hydrogen) atoms. The number of amides is 2. The highest BCUT2D eigenvalue weighted by Gasteiger charge is 2.35. The molecule has 2 aliphatic heterocycles. The van der Waals surface area contributed by atoms with Crippen LogP contribution in [0.5, 0.6) is 11.5 Å². The van der Waals surface area contributed by atoms with Gasteiger partial charge in [0.15, 0.2) is 16.7 Å². The summed E-state index contributed by atoms with van der Waals surface area (Å²) >= 11 is 6.70. The Morgan fingerprint density at radius 1 is 1.15 bits per heavy atom. The Bertz CT molecular complexity index is 1200.